The third kappa shape index (κ3) is 4.82. The molecule has 4 rings (SSSR count). The summed E-state index contributed by atoms with van der Waals surface area (Å²) in [4.78, 5) is 0.862. The summed E-state index contributed by atoms with van der Waals surface area (Å²) in [5.74, 6) is 1.09. The van der Waals surface area contributed by atoms with E-state index in [-0.39, 0.29) is 12.4 Å². The molecule has 1 atom stereocenters. The maximum absolute atomic E-state index is 13.0. The lowest BCUT2D eigenvalue weighted by Gasteiger charge is -2.24. The van der Waals surface area contributed by atoms with Gasteiger partial charge in [-0.15, -0.1) is 11.3 Å². The van der Waals surface area contributed by atoms with Crippen molar-refractivity contribution in [1.82, 2.24) is 10.5 Å². The maximum Gasteiger partial charge on any atom is 0.175 e. The summed E-state index contributed by atoms with van der Waals surface area (Å²) >= 11 is 1.53. The van der Waals surface area contributed by atoms with E-state index in [4.69, 9.17) is 9.26 Å². The second kappa shape index (κ2) is 8.32. The molecule has 150 valence electrons. The second-order valence-electron chi connectivity index (χ2n) is 7.19. The molecule has 0 radical (unpaired) electrons. The topological polar surface area (TPSA) is 67.5 Å². The van der Waals surface area contributed by atoms with Crippen LogP contribution in [0.3, 0.4) is 0 Å². The molecule has 0 aliphatic carbocycles. The van der Waals surface area contributed by atoms with Crippen LogP contribution in [-0.4, -0.2) is 29.0 Å². The van der Waals surface area contributed by atoms with Crippen LogP contribution in [0.25, 0.3) is 21.5 Å². The van der Waals surface area contributed by atoms with Crippen molar-refractivity contribution in [2.24, 2.45) is 0 Å². The number of aromatic nitrogens is 1. The van der Waals surface area contributed by atoms with Gasteiger partial charge < -0.3 is 19.7 Å². The van der Waals surface area contributed by atoms with Gasteiger partial charge in [-0.2, -0.15) is 0 Å². The SMILES string of the molecule is C[C@](O)(CNCc1ccc(F)cc1)COc1cccc(-c2onc3sccc23)c1. The highest BCUT2D eigenvalue weighted by Gasteiger charge is 2.21. The van der Waals surface area contributed by atoms with Crippen LogP contribution in [-0.2, 0) is 6.54 Å². The van der Waals surface area contributed by atoms with Gasteiger partial charge in [-0.1, -0.05) is 29.4 Å². The largest absolute Gasteiger partial charge is 0.491 e. The summed E-state index contributed by atoms with van der Waals surface area (Å²) in [5, 5.41) is 20.8. The molecule has 0 saturated heterocycles. The Hall–Kier alpha value is -2.74. The first-order chi connectivity index (χ1) is 14.0. The zero-order valence-corrected chi connectivity index (χ0v) is 16.7. The molecule has 29 heavy (non-hydrogen) atoms. The lowest BCUT2D eigenvalue weighted by atomic mass is 10.1. The number of nitrogens with one attached hydrogen (secondary N) is 1. The molecular formula is C22H21FN2O3S. The Balaban J connectivity index is 1.34. The van der Waals surface area contributed by atoms with Gasteiger partial charge in [-0.25, -0.2) is 4.39 Å². The number of rotatable bonds is 8. The molecule has 0 aliphatic rings. The Morgan fingerprint density at radius 3 is 2.86 bits per heavy atom. The predicted molar refractivity (Wildman–Crippen MR) is 112 cm³/mol. The average Bonchev–Trinajstić information content (AvgIpc) is 3.32. The Morgan fingerprint density at radius 2 is 2.03 bits per heavy atom. The van der Waals surface area contributed by atoms with Crippen molar-refractivity contribution in [3.8, 4) is 17.1 Å². The molecule has 2 aromatic heterocycles. The van der Waals surface area contributed by atoms with E-state index < -0.39 is 5.60 Å². The van der Waals surface area contributed by atoms with Gasteiger partial charge in [-0.05, 0) is 48.2 Å². The zero-order valence-electron chi connectivity index (χ0n) is 15.9. The van der Waals surface area contributed by atoms with E-state index in [0.717, 1.165) is 21.3 Å². The van der Waals surface area contributed by atoms with Crippen LogP contribution in [0.15, 0.2) is 64.5 Å². The molecule has 0 fully saturated rings. The molecule has 0 unspecified atom stereocenters. The van der Waals surface area contributed by atoms with Crippen molar-refractivity contribution in [3.63, 3.8) is 0 Å². The molecule has 0 amide bonds. The fourth-order valence-corrected chi connectivity index (χ4v) is 3.69. The van der Waals surface area contributed by atoms with E-state index in [2.05, 4.69) is 10.5 Å². The lowest BCUT2D eigenvalue weighted by molar-refractivity contribution is 0.0121. The normalized spacial score (nSPS) is 13.5. The van der Waals surface area contributed by atoms with Crippen LogP contribution in [0.2, 0.25) is 0 Å². The van der Waals surface area contributed by atoms with Crippen molar-refractivity contribution < 1.29 is 18.8 Å². The van der Waals surface area contributed by atoms with E-state index in [1.165, 1.54) is 23.5 Å². The number of hydrogen-bond donors (Lipinski definition) is 2. The Labute approximate surface area is 171 Å². The van der Waals surface area contributed by atoms with E-state index in [9.17, 15) is 9.50 Å². The van der Waals surface area contributed by atoms with Crippen molar-refractivity contribution >= 4 is 21.6 Å². The summed E-state index contributed by atoms with van der Waals surface area (Å²) in [5.41, 5.74) is 0.753. The number of benzene rings is 2. The van der Waals surface area contributed by atoms with E-state index in [1.807, 2.05) is 35.7 Å². The molecule has 5 nitrogen and oxygen atoms in total. The number of fused-ring (bicyclic) bond motifs is 1. The third-order valence-corrected chi connectivity index (χ3v) is 5.29. The molecular weight excluding hydrogens is 391 g/mol. The molecule has 0 saturated carbocycles. The fraction of sp³-hybridized carbons (Fsp3) is 0.227. The number of hydrogen-bond acceptors (Lipinski definition) is 6. The van der Waals surface area contributed by atoms with Crippen LogP contribution < -0.4 is 10.1 Å². The van der Waals surface area contributed by atoms with Crippen LogP contribution in [0, 0.1) is 5.82 Å². The van der Waals surface area contributed by atoms with Crippen molar-refractivity contribution in [2.75, 3.05) is 13.2 Å². The van der Waals surface area contributed by atoms with Gasteiger partial charge in [0.05, 0.1) is 5.39 Å². The van der Waals surface area contributed by atoms with E-state index in [1.54, 1.807) is 19.1 Å². The number of nitrogens with zero attached hydrogens (tertiary/aromatic N) is 1. The quantitative estimate of drug-likeness (QED) is 0.442. The fourth-order valence-electron chi connectivity index (χ4n) is 2.98. The van der Waals surface area contributed by atoms with Gasteiger partial charge in [0.1, 0.15) is 23.8 Å². The van der Waals surface area contributed by atoms with Crippen molar-refractivity contribution in [2.45, 2.75) is 19.1 Å². The first kappa shape index (κ1) is 19.6. The predicted octanol–water partition coefficient (Wildman–Crippen LogP) is 4.62. The van der Waals surface area contributed by atoms with Gasteiger partial charge in [0.2, 0.25) is 0 Å². The molecule has 7 heteroatoms. The van der Waals surface area contributed by atoms with Crippen LogP contribution in [0.5, 0.6) is 5.75 Å². The maximum atomic E-state index is 13.0. The highest BCUT2D eigenvalue weighted by molar-refractivity contribution is 7.16. The summed E-state index contributed by atoms with van der Waals surface area (Å²) < 4.78 is 24.2. The van der Waals surface area contributed by atoms with Crippen molar-refractivity contribution in [3.05, 3.63) is 71.4 Å². The van der Waals surface area contributed by atoms with Gasteiger partial charge in [0, 0.05) is 18.7 Å². The highest BCUT2D eigenvalue weighted by Crippen LogP contribution is 2.33. The first-order valence-corrected chi connectivity index (χ1v) is 10.1. The minimum atomic E-state index is -1.07. The van der Waals surface area contributed by atoms with Gasteiger partial charge in [0.25, 0.3) is 0 Å². The molecule has 0 spiro atoms. The smallest absolute Gasteiger partial charge is 0.175 e. The van der Waals surface area contributed by atoms with E-state index >= 15 is 0 Å². The Kier molecular flexibility index (Phi) is 5.62. The summed E-state index contributed by atoms with van der Waals surface area (Å²) in [6.45, 7) is 2.70. The standard InChI is InChI=1S/C22H21FN2O3S/c1-22(26,13-24-12-15-5-7-17(23)8-6-15)14-27-18-4-2-3-16(11-18)20-19-9-10-29-21(19)25-28-20/h2-11,24,26H,12-14H2,1H3/t22-/m0/s1. The highest BCUT2D eigenvalue weighted by atomic mass is 32.1. The molecule has 2 N–H and O–H groups in total. The van der Waals surface area contributed by atoms with Gasteiger partial charge >= 0.3 is 0 Å². The average molecular weight is 412 g/mol. The molecule has 4 aromatic rings. The minimum Gasteiger partial charge on any atom is -0.491 e. The zero-order chi connectivity index (χ0) is 20.3. The number of halogens is 1. The van der Waals surface area contributed by atoms with Gasteiger partial charge in [-0.3, -0.25) is 0 Å². The lowest BCUT2D eigenvalue weighted by Crippen LogP contribution is -2.42. The Morgan fingerprint density at radius 1 is 1.21 bits per heavy atom. The molecule has 0 bridgehead atoms. The minimum absolute atomic E-state index is 0.122. The first-order valence-electron chi connectivity index (χ1n) is 9.24. The van der Waals surface area contributed by atoms with Crippen LogP contribution in [0.1, 0.15) is 12.5 Å². The van der Waals surface area contributed by atoms with Crippen LogP contribution >= 0.6 is 11.3 Å². The number of thiophene rings is 1. The molecule has 2 heterocycles. The molecule has 0 aliphatic heterocycles. The summed E-state index contributed by atoms with van der Waals surface area (Å²) in [7, 11) is 0. The summed E-state index contributed by atoms with van der Waals surface area (Å²) in [6, 6.07) is 15.8. The molecule has 2 aromatic carbocycles. The van der Waals surface area contributed by atoms with Crippen molar-refractivity contribution in [1.29, 1.82) is 0 Å². The number of ether oxygens (including phenoxy) is 1. The van der Waals surface area contributed by atoms with Crippen LogP contribution in [0.4, 0.5) is 4.39 Å². The monoisotopic (exact) mass is 412 g/mol. The third-order valence-electron chi connectivity index (χ3n) is 4.50. The van der Waals surface area contributed by atoms with Gasteiger partial charge in [0.15, 0.2) is 10.6 Å². The summed E-state index contributed by atoms with van der Waals surface area (Å²) in [6.07, 6.45) is 0. The number of aliphatic hydroxyl groups is 1. The Bertz CT molecular complexity index is 1090. The van der Waals surface area contributed by atoms with E-state index in [0.29, 0.717) is 24.6 Å². The second-order valence-corrected chi connectivity index (χ2v) is 8.09.